The molecule has 2 aromatic rings. The van der Waals surface area contributed by atoms with Crippen LogP contribution in [0.2, 0.25) is 0 Å². The van der Waals surface area contributed by atoms with Crippen molar-refractivity contribution in [1.29, 1.82) is 0 Å². The number of fused-ring (bicyclic) bond motifs is 1. The van der Waals surface area contributed by atoms with E-state index in [-0.39, 0.29) is 12.7 Å². The van der Waals surface area contributed by atoms with Crippen LogP contribution in [-0.2, 0) is 11.2 Å². The lowest BCUT2D eigenvalue weighted by atomic mass is 10.1. The summed E-state index contributed by atoms with van der Waals surface area (Å²) in [4.78, 5) is 16.8. The summed E-state index contributed by atoms with van der Waals surface area (Å²) in [5, 5.41) is 0. The molecule has 0 aromatic heterocycles. The van der Waals surface area contributed by atoms with Crippen molar-refractivity contribution in [3.8, 4) is 17.2 Å². The van der Waals surface area contributed by atoms with Gasteiger partial charge in [-0.1, -0.05) is 12.1 Å². The summed E-state index contributed by atoms with van der Waals surface area (Å²) < 4.78 is 16.0. The van der Waals surface area contributed by atoms with Gasteiger partial charge in [0.05, 0.1) is 13.5 Å². The van der Waals surface area contributed by atoms with E-state index in [1.165, 1.54) is 0 Å². The molecule has 0 N–H and O–H groups in total. The van der Waals surface area contributed by atoms with E-state index in [0.29, 0.717) is 6.42 Å². The minimum absolute atomic E-state index is 0.167. The van der Waals surface area contributed by atoms with E-state index >= 15 is 0 Å². The molecule has 0 bridgehead atoms. The monoisotopic (exact) mass is 354 g/mol. The summed E-state index contributed by atoms with van der Waals surface area (Å²) in [6.07, 6.45) is 0.425. The summed E-state index contributed by atoms with van der Waals surface area (Å²) >= 11 is 0. The second-order valence-electron chi connectivity index (χ2n) is 6.43. The SMILES string of the molecule is COc1ccc(CC(=O)N2CCN(c3ccc4c(c3)OCO4)CC2)cc1. The van der Waals surface area contributed by atoms with Gasteiger partial charge in [0.15, 0.2) is 11.5 Å². The highest BCUT2D eigenvalue weighted by molar-refractivity contribution is 5.79. The molecule has 6 heteroatoms. The molecule has 1 fully saturated rings. The molecular formula is C20H22N2O4. The molecule has 1 saturated heterocycles. The van der Waals surface area contributed by atoms with Crippen LogP contribution in [0.25, 0.3) is 0 Å². The molecule has 0 unspecified atom stereocenters. The third-order valence-corrected chi connectivity index (χ3v) is 4.87. The first-order chi connectivity index (χ1) is 12.7. The van der Waals surface area contributed by atoms with Gasteiger partial charge in [0, 0.05) is 37.9 Å². The van der Waals surface area contributed by atoms with Crippen LogP contribution in [0.5, 0.6) is 17.2 Å². The van der Waals surface area contributed by atoms with E-state index in [9.17, 15) is 4.79 Å². The Balaban J connectivity index is 1.33. The largest absolute Gasteiger partial charge is 0.497 e. The Morgan fingerprint density at radius 1 is 1.00 bits per heavy atom. The van der Waals surface area contributed by atoms with Gasteiger partial charge in [-0.25, -0.2) is 0 Å². The third-order valence-electron chi connectivity index (χ3n) is 4.87. The topological polar surface area (TPSA) is 51.2 Å². The molecule has 6 nitrogen and oxygen atoms in total. The first-order valence-electron chi connectivity index (χ1n) is 8.78. The number of nitrogens with zero attached hydrogens (tertiary/aromatic N) is 2. The maximum atomic E-state index is 12.6. The fourth-order valence-electron chi connectivity index (χ4n) is 3.33. The predicted molar refractivity (Wildman–Crippen MR) is 98.1 cm³/mol. The van der Waals surface area contributed by atoms with Gasteiger partial charge in [-0.3, -0.25) is 4.79 Å². The molecule has 0 saturated carbocycles. The van der Waals surface area contributed by atoms with Crippen LogP contribution in [0.15, 0.2) is 42.5 Å². The number of methoxy groups -OCH3 is 1. The van der Waals surface area contributed by atoms with E-state index < -0.39 is 0 Å². The summed E-state index contributed by atoms with van der Waals surface area (Å²) in [7, 11) is 1.64. The van der Waals surface area contributed by atoms with E-state index in [1.54, 1.807) is 7.11 Å². The van der Waals surface area contributed by atoms with Crippen molar-refractivity contribution < 1.29 is 19.0 Å². The van der Waals surface area contributed by atoms with E-state index in [2.05, 4.69) is 4.90 Å². The molecular weight excluding hydrogens is 332 g/mol. The summed E-state index contributed by atoms with van der Waals surface area (Å²) in [5.74, 6) is 2.56. The first kappa shape index (κ1) is 16.6. The van der Waals surface area contributed by atoms with Crippen LogP contribution in [0, 0.1) is 0 Å². The molecule has 2 aliphatic rings. The first-order valence-corrected chi connectivity index (χ1v) is 8.78. The molecule has 2 aliphatic heterocycles. The summed E-state index contributed by atoms with van der Waals surface area (Å²) in [6, 6.07) is 13.7. The summed E-state index contributed by atoms with van der Waals surface area (Å²) in [5.41, 5.74) is 2.12. The van der Waals surface area contributed by atoms with E-state index in [4.69, 9.17) is 14.2 Å². The van der Waals surface area contributed by atoms with Crippen LogP contribution in [0.3, 0.4) is 0 Å². The lowest BCUT2D eigenvalue weighted by Gasteiger charge is -2.36. The van der Waals surface area contributed by atoms with Crippen LogP contribution in [0.4, 0.5) is 5.69 Å². The second-order valence-corrected chi connectivity index (χ2v) is 6.43. The number of piperazine rings is 1. The van der Waals surface area contributed by atoms with Gasteiger partial charge in [-0.05, 0) is 29.8 Å². The minimum atomic E-state index is 0.167. The third kappa shape index (κ3) is 3.40. The molecule has 136 valence electrons. The highest BCUT2D eigenvalue weighted by atomic mass is 16.7. The average molecular weight is 354 g/mol. The van der Waals surface area contributed by atoms with E-state index in [0.717, 1.165) is 54.7 Å². The van der Waals surface area contributed by atoms with Gasteiger partial charge in [-0.2, -0.15) is 0 Å². The van der Waals surface area contributed by atoms with Gasteiger partial charge in [0.2, 0.25) is 12.7 Å². The van der Waals surface area contributed by atoms with Gasteiger partial charge in [0.25, 0.3) is 0 Å². The standard InChI is InChI=1S/C20H22N2O4/c1-24-17-5-2-15(3-6-17)12-20(23)22-10-8-21(9-11-22)16-4-7-18-19(13-16)26-14-25-18/h2-7,13H,8-12,14H2,1H3. The Kier molecular flexibility index (Phi) is 4.56. The Hall–Kier alpha value is -2.89. The number of hydrogen-bond donors (Lipinski definition) is 0. The molecule has 1 amide bonds. The Morgan fingerprint density at radius 3 is 2.46 bits per heavy atom. The van der Waals surface area contributed by atoms with Crippen molar-refractivity contribution in [2.24, 2.45) is 0 Å². The Labute approximate surface area is 152 Å². The van der Waals surface area contributed by atoms with Crippen molar-refractivity contribution in [3.63, 3.8) is 0 Å². The van der Waals surface area contributed by atoms with Crippen LogP contribution in [-0.4, -0.2) is 50.9 Å². The van der Waals surface area contributed by atoms with Gasteiger partial charge in [0.1, 0.15) is 5.75 Å². The zero-order chi connectivity index (χ0) is 17.9. The molecule has 0 radical (unpaired) electrons. The number of anilines is 1. The predicted octanol–water partition coefficient (Wildman–Crippen LogP) is 2.32. The van der Waals surface area contributed by atoms with Gasteiger partial charge >= 0.3 is 0 Å². The quantitative estimate of drug-likeness (QED) is 0.843. The van der Waals surface area contributed by atoms with E-state index in [1.807, 2.05) is 47.4 Å². The number of rotatable bonds is 4. The van der Waals surface area contributed by atoms with Crippen molar-refractivity contribution in [2.45, 2.75) is 6.42 Å². The second kappa shape index (κ2) is 7.15. The highest BCUT2D eigenvalue weighted by Gasteiger charge is 2.23. The van der Waals surface area contributed by atoms with Crippen LogP contribution in [0.1, 0.15) is 5.56 Å². The number of amides is 1. The van der Waals surface area contributed by atoms with Crippen molar-refractivity contribution in [1.82, 2.24) is 4.90 Å². The average Bonchev–Trinajstić information content (AvgIpc) is 3.16. The number of benzene rings is 2. The maximum absolute atomic E-state index is 12.6. The lowest BCUT2D eigenvalue weighted by Crippen LogP contribution is -2.49. The zero-order valence-electron chi connectivity index (χ0n) is 14.8. The number of ether oxygens (including phenoxy) is 3. The maximum Gasteiger partial charge on any atom is 0.231 e. The molecule has 4 rings (SSSR count). The molecule has 0 spiro atoms. The fraction of sp³-hybridized carbons (Fsp3) is 0.350. The summed E-state index contributed by atoms with van der Waals surface area (Å²) in [6.45, 7) is 3.36. The molecule has 0 aliphatic carbocycles. The minimum Gasteiger partial charge on any atom is -0.497 e. The van der Waals surface area contributed by atoms with Crippen LogP contribution >= 0.6 is 0 Å². The lowest BCUT2D eigenvalue weighted by molar-refractivity contribution is -0.130. The highest BCUT2D eigenvalue weighted by Crippen LogP contribution is 2.35. The molecule has 2 heterocycles. The fourth-order valence-corrected chi connectivity index (χ4v) is 3.33. The normalized spacial score (nSPS) is 15.9. The zero-order valence-corrected chi connectivity index (χ0v) is 14.8. The molecule has 2 aromatic carbocycles. The Bertz CT molecular complexity index is 783. The smallest absolute Gasteiger partial charge is 0.231 e. The molecule has 26 heavy (non-hydrogen) atoms. The van der Waals surface area contributed by atoms with Crippen LogP contribution < -0.4 is 19.1 Å². The number of carbonyl (C=O) groups excluding carboxylic acids is 1. The Morgan fingerprint density at radius 2 is 1.73 bits per heavy atom. The number of hydrogen-bond acceptors (Lipinski definition) is 5. The molecule has 0 atom stereocenters. The van der Waals surface area contributed by atoms with Crippen molar-refractivity contribution in [2.75, 3.05) is 45.0 Å². The van der Waals surface area contributed by atoms with Crippen molar-refractivity contribution in [3.05, 3.63) is 48.0 Å². The number of carbonyl (C=O) groups is 1. The van der Waals surface area contributed by atoms with Gasteiger partial charge < -0.3 is 24.0 Å². The van der Waals surface area contributed by atoms with Gasteiger partial charge in [-0.15, -0.1) is 0 Å². The van der Waals surface area contributed by atoms with Crippen molar-refractivity contribution >= 4 is 11.6 Å².